The summed E-state index contributed by atoms with van der Waals surface area (Å²) in [6.45, 7) is 1.72. The first-order chi connectivity index (χ1) is 13.7. The first-order valence-corrected chi connectivity index (χ1v) is 9.51. The Bertz CT molecular complexity index is 933. The lowest BCUT2D eigenvalue weighted by molar-refractivity contribution is -0.123. The zero-order valence-electron chi connectivity index (χ0n) is 16.4. The van der Waals surface area contributed by atoms with Crippen LogP contribution >= 0.6 is 24.8 Å². The number of amides is 1. The van der Waals surface area contributed by atoms with Gasteiger partial charge in [0.2, 0.25) is 5.91 Å². The number of halogens is 2. The van der Waals surface area contributed by atoms with Crippen LogP contribution in [0, 0.1) is 0 Å². The number of aliphatic hydroxyl groups is 1. The highest BCUT2D eigenvalue weighted by Crippen LogP contribution is 2.24. The van der Waals surface area contributed by atoms with Gasteiger partial charge in [-0.3, -0.25) is 4.79 Å². The predicted octanol–water partition coefficient (Wildman–Crippen LogP) is 2.78. The zero-order valence-corrected chi connectivity index (χ0v) is 18.0. The van der Waals surface area contributed by atoms with E-state index in [-0.39, 0.29) is 36.8 Å². The van der Waals surface area contributed by atoms with Crippen LogP contribution in [0.5, 0.6) is 0 Å². The molecule has 1 fully saturated rings. The van der Waals surface area contributed by atoms with Crippen molar-refractivity contribution in [3.63, 3.8) is 0 Å². The van der Waals surface area contributed by atoms with Crippen molar-refractivity contribution < 1.29 is 9.90 Å². The van der Waals surface area contributed by atoms with E-state index in [2.05, 4.69) is 45.9 Å². The Balaban J connectivity index is 0.00000160. The molecule has 3 N–H and O–H groups in total. The number of rotatable bonds is 6. The summed E-state index contributed by atoms with van der Waals surface area (Å²) in [5, 5.41) is 15.6. The topological polar surface area (TPSA) is 79.2 Å². The molecule has 160 valence electrons. The highest BCUT2D eigenvalue weighted by Gasteiger charge is 2.27. The molecule has 6 nitrogen and oxygen atoms in total. The summed E-state index contributed by atoms with van der Waals surface area (Å²) in [5.41, 5.74) is 4.50. The smallest absolute Gasteiger partial charge is 0.237 e. The molecule has 4 rings (SSSR count). The number of hydrogen-bond donors (Lipinski definition) is 3. The number of benzene rings is 2. The number of imidazole rings is 1. The van der Waals surface area contributed by atoms with Gasteiger partial charge in [0.1, 0.15) is 0 Å². The van der Waals surface area contributed by atoms with E-state index in [1.54, 1.807) is 6.20 Å². The Morgan fingerprint density at radius 2 is 1.93 bits per heavy atom. The Labute approximate surface area is 188 Å². The van der Waals surface area contributed by atoms with Crippen LogP contribution in [-0.2, 0) is 17.9 Å². The first-order valence-electron chi connectivity index (χ1n) is 9.51. The summed E-state index contributed by atoms with van der Waals surface area (Å²) in [5.74, 6) is -0.0676. The molecule has 2 atom stereocenters. The molecule has 3 aromatic rings. The van der Waals surface area contributed by atoms with Crippen LogP contribution in [0.3, 0.4) is 0 Å². The minimum Gasteiger partial charge on any atom is -0.392 e. The van der Waals surface area contributed by atoms with Crippen molar-refractivity contribution in [1.29, 1.82) is 0 Å². The van der Waals surface area contributed by atoms with Crippen molar-refractivity contribution in [3.05, 3.63) is 78.4 Å². The van der Waals surface area contributed by atoms with Gasteiger partial charge in [-0.15, -0.1) is 24.8 Å². The van der Waals surface area contributed by atoms with Crippen molar-refractivity contribution in [2.45, 2.75) is 31.7 Å². The summed E-state index contributed by atoms with van der Waals surface area (Å²) >= 11 is 0. The number of aromatic nitrogens is 2. The molecule has 1 aliphatic rings. The van der Waals surface area contributed by atoms with Crippen molar-refractivity contribution >= 4 is 30.7 Å². The van der Waals surface area contributed by atoms with Gasteiger partial charge in [-0.1, -0.05) is 48.5 Å². The molecule has 1 aromatic heterocycles. The minimum atomic E-state index is -0.441. The monoisotopic (exact) mass is 448 g/mol. The first kappa shape index (κ1) is 23.9. The third-order valence-electron chi connectivity index (χ3n) is 5.08. The Hall–Kier alpha value is -2.38. The molecular weight excluding hydrogens is 423 g/mol. The molecule has 0 bridgehead atoms. The number of carbonyl (C=O) groups excluding carboxylic acids is 1. The van der Waals surface area contributed by atoms with Crippen LogP contribution in [0.2, 0.25) is 0 Å². The highest BCUT2D eigenvalue weighted by atomic mass is 35.5. The van der Waals surface area contributed by atoms with Crippen molar-refractivity contribution in [1.82, 2.24) is 20.2 Å². The molecule has 1 amide bonds. The second kappa shape index (κ2) is 11.1. The minimum absolute atomic E-state index is 0. The van der Waals surface area contributed by atoms with E-state index in [1.807, 2.05) is 35.3 Å². The highest BCUT2D eigenvalue weighted by molar-refractivity contribution is 5.85. The van der Waals surface area contributed by atoms with Gasteiger partial charge in [0.05, 0.1) is 18.5 Å². The maximum Gasteiger partial charge on any atom is 0.237 e. The van der Waals surface area contributed by atoms with Crippen LogP contribution in [0.15, 0.2) is 67.3 Å². The maximum atomic E-state index is 12.3. The molecule has 2 heterocycles. The molecule has 2 aromatic carbocycles. The van der Waals surface area contributed by atoms with Gasteiger partial charge < -0.3 is 20.3 Å². The van der Waals surface area contributed by atoms with Crippen LogP contribution in [0.4, 0.5) is 0 Å². The van der Waals surface area contributed by atoms with Crippen molar-refractivity contribution in [3.8, 4) is 11.1 Å². The van der Waals surface area contributed by atoms with Crippen LogP contribution in [0.25, 0.3) is 11.1 Å². The lowest BCUT2D eigenvalue weighted by Crippen LogP contribution is -2.40. The number of hydrogen-bond acceptors (Lipinski definition) is 4. The van der Waals surface area contributed by atoms with E-state index in [4.69, 9.17) is 0 Å². The van der Waals surface area contributed by atoms with Crippen LogP contribution in [0.1, 0.15) is 17.5 Å². The van der Waals surface area contributed by atoms with E-state index in [0.29, 0.717) is 19.5 Å². The lowest BCUT2D eigenvalue weighted by Gasteiger charge is -2.14. The van der Waals surface area contributed by atoms with Gasteiger partial charge in [0.25, 0.3) is 0 Å². The summed E-state index contributed by atoms with van der Waals surface area (Å²) in [7, 11) is 0. The fraction of sp³-hybridized carbons (Fsp3) is 0.273. The maximum absolute atomic E-state index is 12.3. The Kier molecular flexibility index (Phi) is 8.87. The molecular formula is C22H26Cl2N4O2. The molecule has 2 unspecified atom stereocenters. The average molecular weight is 449 g/mol. The summed E-state index contributed by atoms with van der Waals surface area (Å²) in [6, 6.07) is 16.2. The van der Waals surface area contributed by atoms with E-state index in [1.165, 1.54) is 5.56 Å². The summed E-state index contributed by atoms with van der Waals surface area (Å²) in [4.78, 5) is 16.4. The summed E-state index contributed by atoms with van der Waals surface area (Å²) < 4.78 is 2.03. The normalized spacial score (nSPS) is 17.6. The SMILES string of the molecule is Cl.Cl.O=C(NCc1ccccc1-c1ccc(Cn2ccnc2)cc1)C1CC(O)CN1. The van der Waals surface area contributed by atoms with E-state index in [9.17, 15) is 9.90 Å². The third-order valence-corrected chi connectivity index (χ3v) is 5.08. The Morgan fingerprint density at radius 1 is 1.17 bits per heavy atom. The largest absolute Gasteiger partial charge is 0.392 e. The average Bonchev–Trinajstić information content (AvgIpc) is 3.39. The Morgan fingerprint density at radius 3 is 2.60 bits per heavy atom. The molecule has 1 aliphatic heterocycles. The molecule has 30 heavy (non-hydrogen) atoms. The summed E-state index contributed by atoms with van der Waals surface area (Å²) in [6.07, 6.45) is 5.56. The van der Waals surface area contributed by atoms with Crippen molar-refractivity contribution in [2.24, 2.45) is 0 Å². The lowest BCUT2D eigenvalue weighted by atomic mass is 9.98. The molecule has 1 saturated heterocycles. The molecule has 0 spiro atoms. The molecule has 0 aliphatic carbocycles. The number of nitrogens with one attached hydrogen (secondary N) is 2. The number of aliphatic hydroxyl groups excluding tert-OH is 1. The quantitative estimate of drug-likeness (QED) is 0.541. The fourth-order valence-corrected chi connectivity index (χ4v) is 3.56. The number of nitrogens with zero attached hydrogens (tertiary/aromatic N) is 2. The van der Waals surface area contributed by atoms with Crippen LogP contribution < -0.4 is 10.6 Å². The van der Waals surface area contributed by atoms with Gasteiger partial charge in [0.15, 0.2) is 0 Å². The standard InChI is InChI=1S/C22H24N4O2.2ClH/c27-19-11-21(24-13-19)22(28)25-12-18-3-1-2-4-20(18)17-7-5-16(6-8-17)14-26-10-9-23-15-26;;/h1-10,15,19,21,24,27H,11-14H2,(H,25,28);2*1H. The number of carbonyl (C=O) groups is 1. The van der Waals surface area contributed by atoms with E-state index < -0.39 is 6.10 Å². The zero-order chi connectivity index (χ0) is 19.3. The van der Waals surface area contributed by atoms with E-state index in [0.717, 1.165) is 23.2 Å². The second-order valence-electron chi connectivity index (χ2n) is 7.16. The van der Waals surface area contributed by atoms with Crippen LogP contribution in [-0.4, -0.2) is 39.3 Å². The van der Waals surface area contributed by atoms with Gasteiger partial charge in [-0.05, 0) is 28.7 Å². The fourth-order valence-electron chi connectivity index (χ4n) is 3.56. The molecule has 0 saturated carbocycles. The third kappa shape index (κ3) is 5.83. The van der Waals surface area contributed by atoms with Gasteiger partial charge in [0, 0.05) is 32.0 Å². The molecule has 8 heteroatoms. The van der Waals surface area contributed by atoms with E-state index >= 15 is 0 Å². The van der Waals surface area contributed by atoms with Crippen molar-refractivity contribution in [2.75, 3.05) is 6.54 Å². The number of β-amino-alcohol motifs (C(OH)–C–C–N with tert-alkyl or cyclic N) is 1. The van der Waals surface area contributed by atoms with Gasteiger partial charge >= 0.3 is 0 Å². The second-order valence-corrected chi connectivity index (χ2v) is 7.16. The van der Waals surface area contributed by atoms with Gasteiger partial charge in [-0.2, -0.15) is 0 Å². The molecule has 0 radical (unpaired) electrons. The van der Waals surface area contributed by atoms with Gasteiger partial charge in [-0.25, -0.2) is 4.98 Å². The predicted molar refractivity (Wildman–Crippen MR) is 122 cm³/mol.